The molecule has 19 heavy (non-hydrogen) atoms. The van der Waals surface area contributed by atoms with Gasteiger partial charge in [-0.3, -0.25) is 0 Å². The minimum Gasteiger partial charge on any atom is -0.479 e. The van der Waals surface area contributed by atoms with Crippen molar-refractivity contribution in [2.75, 3.05) is 6.54 Å². The van der Waals surface area contributed by atoms with Crippen LogP contribution in [0.3, 0.4) is 0 Å². The Kier molecular flexibility index (Phi) is 7.87. The van der Waals surface area contributed by atoms with Crippen LogP contribution in [-0.4, -0.2) is 34.1 Å². The summed E-state index contributed by atoms with van der Waals surface area (Å²) in [6, 6.07) is -0.678. The molecule has 1 unspecified atom stereocenters. The molecule has 0 aliphatic carbocycles. The van der Waals surface area contributed by atoms with Crippen LogP contribution in [0.15, 0.2) is 12.7 Å². The van der Waals surface area contributed by atoms with Crippen LogP contribution in [0.4, 0.5) is 4.79 Å². The first-order valence-electron chi connectivity index (χ1n) is 6.87. The summed E-state index contributed by atoms with van der Waals surface area (Å²) >= 11 is 0. The maximum Gasteiger partial charge on any atom is 0.330 e. The van der Waals surface area contributed by atoms with E-state index in [1.807, 2.05) is 13.8 Å². The number of rotatable bonds is 10. The van der Waals surface area contributed by atoms with Crippen LogP contribution in [0.2, 0.25) is 0 Å². The molecule has 0 aliphatic heterocycles. The highest BCUT2D eigenvalue weighted by Crippen LogP contribution is 2.28. The second-order valence-corrected chi connectivity index (χ2v) is 4.78. The van der Waals surface area contributed by atoms with Gasteiger partial charge in [-0.05, 0) is 19.3 Å². The summed E-state index contributed by atoms with van der Waals surface area (Å²) in [6.45, 7) is 7.91. The van der Waals surface area contributed by atoms with Gasteiger partial charge in [-0.2, -0.15) is 0 Å². The number of carboxylic acid groups (broad SMARTS) is 1. The fourth-order valence-corrected chi connectivity index (χ4v) is 2.32. The molecule has 0 rings (SSSR count). The van der Waals surface area contributed by atoms with E-state index in [0.29, 0.717) is 19.4 Å². The van der Waals surface area contributed by atoms with Crippen molar-refractivity contribution in [1.82, 2.24) is 4.90 Å². The lowest BCUT2D eigenvalue weighted by Crippen LogP contribution is -2.58. The smallest absolute Gasteiger partial charge is 0.330 e. The maximum absolute atomic E-state index is 11.7. The first kappa shape index (κ1) is 17.5. The highest BCUT2D eigenvalue weighted by Gasteiger charge is 2.44. The van der Waals surface area contributed by atoms with Crippen molar-refractivity contribution in [3.05, 3.63) is 12.7 Å². The van der Waals surface area contributed by atoms with Crippen LogP contribution in [0.1, 0.15) is 52.4 Å². The largest absolute Gasteiger partial charge is 0.479 e. The van der Waals surface area contributed by atoms with Gasteiger partial charge in [0.2, 0.25) is 0 Å². The lowest BCUT2D eigenvalue weighted by Gasteiger charge is -2.39. The van der Waals surface area contributed by atoms with E-state index in [9.17, 15) is 14.7 Å². The molecule has 0 saturated heterocycles. The zero-order valence-electron chi connectivity index (χ0n) is 12.0. The summed E-state index contributed by atoms with van der Waals surface area (Å²) in [5.74, 6) is -1.00. The molecule has 0 aliphatic rings. The fourth-order valence-electron chi connectivity index (χ4n) is 2.32. The third kappa shape index (κ3) is 4.58. The number of aliphatic carboxylic acids is 1. The van der Waals surface area contributed by atoms with E-state index >= 15 is 0 Å². The lowest BCUT2D eigenvalue weighted by molar-refractivity contribution is -0.150. The monoisotopic (exact) mass is 270 g/mol. The lowest BCUT2D eigenvalue weighted by atomic mass is 9.86. The van der Waals surface area contributed by atoms with E-state index in [1.165, 1.54) is 4.90 Å². The van der Waals surface area contributed by atoms with Gasteiger partial charge >= 0.3 is 12.0 Å². The molecule has 0 aromatic rings. The minimum atomic E-state index is -1.25. The molecular formula is C14H26N2O3. The standard InChI is InChI=1S/C14H26N2O3/c1-4-7-8-10-14(9-5-2,12(17)18)16(11-6-3)13(15)19/h5H,2,4,6-11H2,1,3H3,(H2,15,19)(H,17,18). The third-order valence-electron chi connectivity index (χ3n) is 3.30. The van der Waals surface area contributed by atoms with Crippen molar-refractivity contribution in [3.8, 4) is 0 Å². The number of carbonyl (C=O) groups excluding carboxylic acids is 1. The van der Waals surface area contributed by atoms with E-state index < -0.39 is 17.5 Å². The van der Waals surface area contributed by atoms with Gasteiger partial charge in [-0.25, -0.2) is 9.59 Å². The molecule has 0 heterocycles. The first-order valence-corrected chi connectivity index (χ1v) is 6.87. The summed E-state index contributed by atoms with van der Waals surface area (Å²) in [4.78, 5) is 24.6. The van der Waals surface area contributed by atoms with Crippen LogP contribution in [0.5, 0.6) is 0 Å². The molecule has 0 spiro atoms. The number of amides is 2. The van der Waals surface area contributed by atoms with Crippen molar-refractivity contribution < 1.29 is 14.7 Å². The first-order chi connectivity index (χ1) is 8.96. The average Bonchev–Trinajstić information content (AvgIpc) is 2.34. The quantitative estimate of drug-likeness (QED) is 0.473. The third-order valence-corrected chi connectivity index (χ3v) is 3.30. The summed E-state index contributed by atoms with van der Waals surface area (Å²) < 4.78 is 0. The Labute approximate surface area is 115 Å². The Balaban J connectivity index is 5.32. The molecule has 0 aromatic heterocycles. The van der Waals surface area contributed by atoms with Crippen LogP contribution >= 0.6 is 0 Å². The zero-order chi connectivity index (χ0) is 14.9. The van der Waals surface area contributed by atoms with E-state index in [4.69, 9.17) is 5.73 Å². The molecule has 0 fully saturated rings. The molecule has 3 N–H and O–H groups in total. The predicted molar refractivity (Wildman–Crippen MR) is 75.9 cm³/mol. The average molecular weight is 270 g/mol. The van der Waals surface area contributed by atoms with Gasteiger partial charge in [0, 0.05) is 6.54 Å². The SMILES string of the molecule is C=CCC(CCCCC)(C(=O)O)N(CCC)C(N)=O. The summed E-state index contributed by atoms with van der Waals surface area (Å²) in [5, 5.41) is 9.60. The number of urea groups is 1. The summed E-state index contributed by atoms with van der Waals surface area (Å²) in [5.41, 5.74) is 4.12. The molecule has 0 bridgehead atoms. The van der Waals surface area contributed by atoms with Gasteiger partial charge in [0.05, 0.1) is 0 Å². The van der Waals surface area contributed by atoms with E-state index in [1.54, 1.807) is 6.08 Å². The van der Waals surface area contributed by atoms with E-state index in [-0.39, 0.29) is 6.42 Å². The number of nitrogens with two attached hydrogens (primary N) is 1. The van der Waals surface area contributed by atoms with Gasteiger partial charge in [0.25, 0.3) is 0 Å². The Morgan fingerprint density at radius 1 is 1.32 bits per heavy atom. The predicted octanol–water partition coefficient (Wildman–Crippen LogP) is 2.76. The number of primary amides is 1. The van der Waals surface area contributed by atoms with E-state index in [0.717, 1.165) is 19.3 Å². The second kappa shape index (κ2) is 8.56. The Bertz CT molecular complexity index is 318. The number of carbonyl (C=O) groups is 2. The molecule has 0 radical (unpaired) electrons. The van der Waals surface area contributed by atoms with Crippen molar-refractivity contribution in [2.24, 2.45) is 5.73 Å². The van der Waals surface area contributed by atoms with Gasteiger partial charge < -0.3 is 15.7 Å². The van der Waals surface area contributed by atoms with E-state index in [2.05, 4.69) is 6.58 Å². The molecule has 110 valence electrons. The molecular weight excluding hydrogens is 244 g/mol. The fraction of sp³-hybridized carbons (Fsp3) is 0.714. The highest BCUT2D eigenvalue weighted by atomic mass is 16.4. The number of hydrogen-bond donors (Lipinski definition) is 2. The van der Waals surface area contributed by atoms with Crippen LogP contribution in [0, 0.1) is 0 Å². The van der Waals surface area contributed by atoms with Crippen molar-refractivity contribution >= 4 is 12.0 Å². The van der Waals surface area contributed by atoms with Gasteiger partial charge in [-0.15, -0.1) is 6.58 Å². The minimum absolute atomic E-state index is 0.217. The van der Waals surface area contributed by atoms with Crippen molar-refractivity contribution in [3.63, 3.8) is 0 Å². The molecule has 5 heteroatoms. The number of nitrogens with zero attached hydrogens (tertiary/aromatic N) is 1. The number of hydrogen-bond acceptors (Lipinski definition) is 2. The topological polar surface area (TPSA) is 83.6 Å². The molecule has 0 aromatic carbocycles. The zero-order valence-corrected chi connectivity index (χ0v) is 12.0. The Hall–Kier alpha value is -1.52. The van der Waals surface area contributed by atoms with Crippen LogP contribution in [-0.2, 0) is 4.79 Å². The van der Waals surface area contributed by atoms with Crippen molar-refractivity contribution in [1.29, 1.82) is 0 Å². The maximum atomic E-state index is 11.7. The second-order valence-electron chi connectivity index (χ2n) is 4.78. The van der Waals surface area contributed by atoms with Gasteiger partial charge in [0.15, 0.2) is 0 Å². The van der Waals surface area contributed by atoms with Crippen LogP contribution < -0.4 is 5.73 Å². The van der Waals surface area contributed by atoms with Gasteiger partial charge in [0.1, 0.15) is 5.54 Å². The van der Waals surface area contributed by atoms with Gasteiger partial charge in [-0.1, -0.05) is 39.2 Å². The number of unbranched alkanes of at least 4 members (excludes halogenated alkanes) is 2. The molecule has 0 saturated carbocycles. The summed E-state index contributed by atoms with van der Waals surface area (Å²) in [6.07, 6.45) is 5.53. The molecule has 2 amide bonds. The normalized spacial score (nSPS) is 13.6. The van der Waals surface area contributed by atoms with Crippen molar-refractivity contribution in [2.45, 2.75) is 57.9 Å². The number of carboxylic acids is 1. The Morgan fingerprint density at radius 3 is 2.32 bits per heavy atom. The molecule has 5 nitrogen and oxygen atoms in total. The highest BCUT2D eigenvalue weighted by molar-refractivity contribution is 5.86. The molecule has 1 atom stereocenters. The Morgan fingerprint density at radius 2 is 1.95 bits per heavy atom. The summed E-state index contributed by atoms with van der Waals surface area (Å²) in [7, 11) is 0. The van der Waals surface area contributed by atoms with Crippen LogP contribution in [0.25, 0.3) is 0 Å².